The van der Waals surface area contributed by atoms with Crippen molar-refractivity contribution in [3.05, 3.63) is 52.4 Å². The normalized spacial score (nSPS) is 12.2. The van der Waals surface area contributed by atoms with Crippen molar-refractivity contribution < 1.29 is 23.5 Å². The van der Waals surface area contributed by atoms with Gasteiger partial charge < -0.3 is 20.2 Å². The molecule has 1 unspecified atom stereocenters. The molecule has 0 bridgehead atoms. The zero-order valence-corrected chi connectivity index (χ0v) is 20.7. The van der Waals surface area contributed by atoms with Gasteiger partial charge in [0.05, 0.1) is 28.4 Å². The van der Waals surface area contributed by atoms with E-state index >= 15 is 0 Å². The van der Waals surface area contributed by atoms with E-state index in [1.54, 1.807) is 22.3 Å². The molecule has 0 spiro atoms. The van der Waals surface area contributed by atoms with Gasteiger partial charge in [0.25, 0.3) is 11.8 Å². The zero-order valence-electron chi connectivity index (χ0n) is 19.9. The van der Waals surface area contributed by atoms with Crippen molar-refractivity contribution in [1.29, 1.82) is 0 Å². The van der Waals surface area contributed by atoms with Gasteiger partial charge in [-0.3, -0.25) is 9.59 Å². The number of aryl methyl sites for hydroxylation is 2. The number of nitrogens with two attached hydrogens (primary N) is 1. The number of aromatic nitrogens is 3. The van der Waals surface area contributed by atoms with E-state index in [0.717, 1.165) is 22.7 Å². The van der Waals surface area contributed by atoms with Crippen molar-refractivity contribution in [3.8, 4) is 11.3 Å². The minimum atomic E-state index is -1.14. The number of furan rings is 1. The predicted molar refractivity (Wildman–Crippen MR) is 131 cm³/mol. The molecule has 11 heteroatoms. The van der Waals surface area contributed by atoms with Gasteiger partial charge in [0.1, 0.15) is 16.5 Å². The first-order chi connectivity index (χ1) is 16.6. The largest absolute Gasteiger partial charge is 0.466 e. The molecule has 1 atom stereocenters. The standard InChI is InChI=1S/C24H25N5O5S/c1-11(2)29-21-18(10-26-29)17(9-19(27-21)16-8-12(3)33-13(16)4)24(32)34-14(5)22(31)28-23-15(20(25)30)6-7-35-23/h6-11,14H,1-5H3,(H2,25,30)(H,28,31). The fourth-order valence-corrected chi connectivity index (χ4v) is 4.47. The second-order valence-electron chi connectivity index (χ2n) is 8.37. The molecule has 10 nitrogen and oxygen atoms in total. The minimum Gasteiger partial charge on any atom is -0.466 e. The predicted octanol–water partition coefficient (Wildman–Crippen LogP) is 4.23. The number of carbonyl (C=O) groups is 3. The van der Waals surface area contributed by atoms with Crippen LogP contribution in [-0.4, -0.2) is 38.7 Å². The van der Waals surface area contributed by atoms with Gasteiger partial charge in [-0.15, -0.1) is 11.3 Å². The first-order valence-corrected chi connectivity index (χ1v) is 11.8. The smallest absolute Gasteiger partial charge is 0.339 e. The molecule has 0 saturated carbocycles. The molecule has 0 saturated heterocycles. The summed E-state index contributed by atoms with van der Waals surface area (Å²) in [5.74, 6) is -0.574. The molecular formula is C24H25N5O5S. The summed E-state index contributed by atoms with van der Waals surface area (Å²) in [6, 6.07) is 4.98. The number of thiophene rings is 1. The van der Waals surface area contributed by atoms with Crippen LogP contribution in [0, 0.1) is 13.8 Å². The molecule has 3 N–H and O–H groups in total. The number of hydrogen-bond acceptors (Lipinski definition) is 8. The van der Waals surface area contributed by atoms with Crippen LogP contribution >= 0.6 is 11.3 Å². The van der Waals surface area contributed by atoms with Crippen molar-refractivity contribution in [2.24, 2.45) is 5.73 Å². The Kier molecular flexibility index (Phi) is 6.44. The monoisotopic (exact) mass is 495 g/mol. The Morgan fingerprint density at radius 2 is 1.91 bits per heavy atom. The van der Waals surface area contributed by atoms with Crippen LogP contribution in [0.3, 0.4) is 0 Å². The van der Waals surface area contributed by atoms with Crippen molar-refractivity contribution in [2.45, 2.75) is 46.8 Å². The lowest BCUT2D eigenvalue weighted by atomic mass is 10.1. The highest BCUT2D eigenvalue weighted by Gasteiger charge is 2.25. The Hall–Kier alpha value is -3.99. The maximum Gasteiger partial charge on any atom is 0.339 e. The second-order valence-corrected chi connectivity index (χ2v) is 9.28. The lowest BCUT2D eigenvalue weighted by molar-refractivity contribution is -0.123. The first-order valence-electron chi connectivity index (χ1n) is 10.9. The molecule has 0 aliphatic rings. The van der Waals surface area contributed by atoms with Crippen molar-refractivity contribution in [3.63, 3.8) is 0 Å². The molecule has 4 aromatic heterocycles. The number of rotatable bonds is 7. The molecule has 4 aromatic rings. The SMILES string of the molecule is Cc1cc(-c2cc(C(=O)OC(C)C(=O)Nc3sccc3C(N)=O)c3cnn(C(C)C)c3n2)c(C)o1. The van der Waals surface area contributed by atoms with Gasteiger partial charge in [-0.25, -0.2) is 14.5 Å². The molecule has 0 aliphatic carbocycles. The summed E-state index contributed by atoms with van der Waals surface area (Å²) in [5.41, 5.74) is 7.54. The highest BCUT2D eigenvalue weighted by Crippen LogP contribution is 2.30. The van der Waals surface area contributed by atoms with Gasteiger partial charge in [0.15, 0.2) is 11.8 Å². The van der Waals surface area contributed by atoms with Gasteiger partial charge in [0.2, 0.25) is 0 Å². The Bertz CT molecular complexity index is 1450. The number of nitrogens with one attached hydrogen (secondary N) is 1. The molecule has 0 aliphatic heterocycles. The summed E-state index contributed by atoms with van der Waals surface area (Å²) in [5, 5.41) is 9.42. The topological polar surface area (TPSA) is 142 Å². The fourth-order valence-electron chi connectivity index (χ4n) is 3.68. The Morgan fingerprint density at radius 1 is 1.17 bits per heavy atom. The van der Waals surface area contributed by atoms with Crippen molar-refractivity contribution in [2.75, 3.05) is 5.32 Å². The van der Waals surface area contributed by atoms with Gasteiger partial charge in [0, 0.05) is 11.6 Å². The van der Waals surface area contributed by atoms with Crippen LogP contribution in [0.25, 0.3) is 22.3 Å². The van der Waals surface area contributed by atoms with E-state index in [4.69, 9.17) is 19.9 Å². The number of anilines is 1. The quantitative estimate of drug-likeness (QED) is 0.365. The molecule has 4 heterocycles. The maximum atomic E-state index is 13.2. The summed E-state index contributed by atoms with van der Waals surface area (Å²) in [7, 11) is 0. The zero-order chi connectivity index (χ0) is 25.4. The lowest BCUT2D eigenvalue weighted by Crippen LogP contribution is -2.30. The first kappa shape index (κ1) is 24.1. The van der Waals surface area contributed by atoms with Crippen LogP contribution in [0.2, 0.25) is 0 Å². The van der Waals surface area contributed by atoms with E-state index in [2.05, 4.69) is 10.4 Å². The molecule has 4 rings (SSSR count). The third-order valence-electron chi connectivity index (χ3n) is 5.41. The number of primary amides is 1. The van der Waals surface area contributed by atoms with Crippen LogP contribution in [0.5, 0.6) is 0 Å². The number of nitrogens with zero attached hydrogens (tertiary/aromatic N) is 3. The van der Waals surface area contributed by atoms with Gasteiger partial charge in [-0.1, -0.05) is 0 Å². The van der Waals surface area contributed by atoms with Crippen LogP contribution in [0.4, 0.5) is 5.00 Å². The molecule has 2 amide bonds. The molecule has 182 valence electrons. The summed E-state index contributed by atoms with van der Waals surface area (Å²) in [6.45, 7) is 9.03. The van der Waals surface area contributed by atoms with E-state index in [9.17, 15) is 14.4 Å². The Labute approximate surface area is 205 Å². The fraction of sp³-hybridized carbons (Fsp3) is 0.292. The second kappa shape index (κ2) is 9.34. The number of amides is 2. The van der Waals surface area contributed by atoms with Gasteiger partial charge >= 0.3 is 5.97 Å². The molecule has 0 fully saturated rings. The number of pyridine rings is 1. The number of hydrogen-bond donors (Lipinski definition) is 2. The van der Waals surface area contributed by atoms with Gasteiger partial charge in [-0.2, -0.15) is 5.10 Å². The average Bonchev–Trinajstić information content (AvgIpc) is 3.50. The summed E-state index contributed by atoms with van der Waals surface area (Å²) in [4.78, 5) is 42.2. The highest BCUT2D eigenvalue weighted by atomic mass is 32.1. The highest BCUT2D eigenvalue weighted by molar-refractivity contribution is 7.14. The van der Waals surface area contributed by atoms with Crippen molar-refractivity contribution >= 4 is 45.2 Å². The van der Waals surface area contributed by atoms with E-state index < -0.39 is 23.9 Å². The van der Waals surface area contributed by atoms with Crippen LogP contribution in [0.15, 0.2) is 34.2 Å². The third kappa shape index (κ3) is 4.67. The number of carbonyl (C=O) groups excluding carboxylic acids is 3. The van der Waals surface area contributed by atoms with E-state index in [-0.39, 0.29) is 17.2 Å². The maximum absolute atomic E-state index is 13.2. The van der Waals surface area contributed by atoms with E-state index in [1.165, 1.54) is 13.0 Å². The van der Waals surface area contributed by atoms with Crippen LogP contribution < -0.4 is 11.1 Å². The van der Waals surface area contributed by atoms with Gasteiger partial charge in [-0.05, 0) is 58.2 Å². The number of ether oxygens (including phenoxy) is 1. The molecule has 0 radical (unpaired) electrons. The molecule has 0 aromatic carbocycles. The summed E-state index contributed by atoms with van der Waals surface area (Å²) >= 11 is 1.15. The van der Waals surface area contributed by atoms with Crippen LogP contribution in [-0.2, 0) is 9.53 Å². The van der Waals surface area contributed by atoms with E-state index in [0.29, 0.717) is 27.5 Å². The third-order valence-corrected chi connectivity index (χ3v) is 6.24. The number of fused-ring (bicyclic) bond motifs is 1. The number of esters is 1. The Morgan fingerprint density at radius 3 is 2.54 bits per heavy atom. The summed E-state index contributed by atoms with van der Waals surface area (Å²) < 4.78 is 12.9. The average molecular weight is 496 g/mol. The van der Waals surface area contributed by atoms with Crippen molar-refractivity contribution in [1.82, 2.24) is 14.8 Å². The Balaban J connectivity index is 1.67. The lowest BCUT2D eigenvalue weighted by Gasteiger charge is -2.14. The minimum absolute atomic E-state index is 0.00116. The van der Waals surface area contributed by atoms with Crippen LogP contribution in [0.1, 0.15) is 59.0 Å². The van der Waals surface area contributed by atoms with E-state index in [1.807, 2.05) is 33.8 Å². The molecule has 35 heavy (non-hydrogen) atoms. The molecular weight excluding hydrogens is 470 g/mol. The summed E-state index contributed by atoms with van der Waals surface area (Å²) in [6.07, 6.45) is 0.418.